The van der Waals surface area contributed by atoms with Crippen LogP contribution >= 0.6 is 11.6 Å². The number of aryl methyl sites for hydroxylation is 1. The summed E-state index contributed by atoms with van der Waals surface area (Å²) >= 11 is 5.73. The van der Waals surface area contributed by atoms with Crippen molar-refractivity contribution in [1.82, 2.24) is 19.5 Å². The van der Waals surface area contributed by atoms with Crippen molar-refractivity contribution in [1.29, 1.82) is 0 Å². The van der Waals surface area contributed by atoms with Crippen molar-refractivity contribution in [3.8, 4) is 11.5 Å². The maximum atomic E-state index is 5.73. The molecule has 0 bridgehead atoms. The SMILES string of the molecule is Cn1ccnc1-c1cc(Cl)ncn1. The van der Waals surface area contributed by atoms with Crippen molar-refractivity contribution in [2.24, 2.45) is 7.05 Å². The Hall–Kier alpha value is -1.42. The number of imidazole rings is 1. The van der Waals surface area contributed by atoms with Gasteiger partial charge in [-0.1, -0.05) is 11.6 Å². The van der Waals surface area contributed by atoms with Gasteiger partial charge >= 0.3 is 0 Å². The van der Waals surface area contributed by atoms with E-state index in [1.54, 1.807) is 12.3 Å². The molecule has 0 atom stereocenters. The molecule has 0 unspecified atom stereocenters. The topological polar surface area (TPSA) is 43.6 Å². The number of nitrogens with zero attached hydrogens (tertiary/aromatic N) is 4. The van der Waals surface area contributed by atoms with Gasteiger partial charge in [-0.3, -0.25) is 0 Å². The van der Waals surface area contributed by atoms with Crippen molar-refractivity contribution in [2.75, 3.05) is 0 Å². The van der Waals surface area contributed by atoms with Gasteiger partial charge in [0, 0.05) is 25.5 Å². The van der Waals surface area contributed by atoms with E-state index in [9.17, 15) is 0 Å². The van der Waals surface area contributed by atoms with Crippen LogP contribution < -0.4 is 0 Å². The van der Waals surface area contributed by atoms with Gasteiger partial charge in [0.15, 0.2) is 5.82 Å². The van der Waals surface area contributed by atoms with Crippen LogP contribution in [-0.4, -0.2) is 19.5 Å². The number of aromatic nitrogens is 4. The lowest BCUT2D eigenvalue weighted by molar-refractivity contribution is 0.915. The fraction of sp³-hybridized carbons (Fsp3) is 0.125. The summed E-state index contributed by atoms with van der Waals surface area (Å²) in [6.07, 6.45) is 4.99. The molecule has 5 heteroatoms. The molecule has 0 spiro atoms. The Bertz CT molecular complexity index is 424. The highest BCUT2D eigenvalue weighted by Crippen LogP contribution is 2.15. The van der Waals surface area contributed by atoms with Gasteiger partial charge in [-0.15, -0.1) is 0 Å². The van der Waals surface area contributed by atoms with Crippen molar-refractivity contribution in [2.45, 2.75) is 0 Å². The summed E-state index contributed by atoms with van der Waals surface area (Å²) < 4.78 is 1.87. The first-order valence-electron chi connectivity index (χ1n) is 3.72. The van der Waals surface area contributed by atoms with Crippen LogP contribution in [0.4, 0.5) is 0 Å². The van der Waals surface area contributed by atoms with E-state index in [1.807, 2.05) is 17.8 Å². The summed E-state index contributed by atoms with van der Waals surface area (Å²) in [5.41, 5.74) is 0.729. The minimum Gasteiger partial charge on any atom is -0.333 e. The molecule has 0 aliphatic rings. The highest BCUT2D eigenvalue weighted by Gasteiger charge is 2.04. The summed E-state index contributed by atoms with van der Waals surface area (Å²) in [5, 5.41) is 0.424. The molecule has 2 heterocycles. The molecule has 0 aliphatic heterocycles. The third kappa shape index (κ3) is 1.53. The molecule has 0 radical (unpaired) electrons. The molecule has 0 aromatic carbocycles. The van der Waals surface area contributed by atoms with E-state index in [-0.39, 0.29) is 0 Å². The van der Waals surface area contributed by atoms with Crippen LogP contribution in [0.15, 0.2) is 24.8 Å². The number of hydrogen-bond donors (Lipinski definition) is 0. The number of hydrogen-bond acceptors (Lipinski definition) is 3. The first-order chi connectivity index (χ1) is 6.27. The monoisotopic (exact) mass is 194 g/mol. The van der Waals surface area contributed by atoms with Gasteiger partial charge < -0.3 is 4.57 Å². The predicted octanol–water partition coefficient (Wildman–Crippen LogP) is 1.53. The average molecular weight is 195 g/mol. The summed E-state index contributed by atoms with van der Waals surface area (Å²) in [6.45, 7) is 0. The van der Waals surface area contributed by atoms with E-state index in [1.165, 1.54) is 6.33 Å². The Kier molecular flexibility index (Phi) is 1.98. The van der Waals surface area contributed by atoms with Crippen LogP contribution in [-0.2, 0) is 7.05 Å². The van der Waals surface area contributed by atoms with Crippen LogP contribution in [0, 0.1) is 0 Å². The third-order valence-electron chi connectivity index (χ3n) is 1.68. The van der Waals surface area contributed by atoms with Crippen molar-refractivity contribution < 1.29 is 0 Å². The van der Waals surface area contributed by atoms with Crippen molar-refractivity contribution in [3.05, 3.63) is 29.9 Å². The molecular formula is C8H7ClN4. The molecule has 66 valence electrons. The largest absolute Gasteiger partial charge is 0.333 e. The van der Waals surface area contributed by atoms with E-state index in [0.717, 1.165) is 11.5 Å². The second-order valence-electron chi connectivity index (χ2n) is 2.59. The van der Waals surface area contributed by atoms with Crippen LogP contribution in [0.3, 0.4) is 0 Å². The van der Waals surface area contributed by atoms with Crippen molar-refractivity contribution >= 4 is 11.6 Å². The lowest BCUT2D eigenvalue weighted by Gasteiger charge is -1.99. The van der Waals surface area contributed by atoms with Gasteiger partial charge in [-0.2, -0.15) is 0 Å². The van der Waals surface area contributed by atoms with Gasteiger partial charge in [0.25, 0.3) is 0 Å². The first-order valence-corrected chi connectivity index (χ1v) is 4.10. The summed E-state index contributed by atoms with van der Waals surface area (Å²) in [7, 11) is 1.90. The fourth-order valence-corrected chi connectivity index (χ4v) is 1.22. The highest BCUT2D eigenvalue weighted by atomic mass is 35.5. The summed E-state index contributed by atoms with van der Waals surface area (Å²) in [6, 6.07) is 1.68. The first kappa shape index (κ1) is 8.19. The standard InChI is InChI=1S/C8H7ClN4/c1-13-3-2-10-8(13)6-4-7(9)12-5-11-6/h2-5H,1H3. The van der Waals surface area contributed by atoms with E-state index in [4.69, 9.17) is 11.6 Å². The minimum absolute atomic E-state index is 0.424. The molecule has 4 nitrogen and oxygen atoms in total. The van der Waals surface area contributed by atoms with E-state index in [0.29, 0.717) is 5.15 Å². The van der Waals surface area contributed by atoms with Crippen LogP contribution in [0.25, 0.3) is 11.5 Å². The molecular weight excluding hydrogens is 188 g/mol. The second-order valence-corrected chi connectivity index (χ2v) is 2.97. The highest BCUT2D eigenvalue weighted by molar-refractivity contribution is 6.29. The Morgan fingerprint density at radius 1 is 1.31 bits per heavy atom. The minimum atomic E-state index is 0.424. The van der Waals surface area contributed by atoms with Crippen LogP contribution in [0.5, 0.6) is 0 Å². The Morgan fingerprint density at radius 3 is 2.77 bits per heavy atom. The Balaban J connectivity index is 2.53. The molecule has 0 amide bonds. The lowest BCUT2D eigenvalue weighted by atomic mass is 10.4. The summed E-state index contributed by atoms with van der Waals surface area (Å²) in [4.78, 5) is 12.0. The maximum Gasteiger partial charge on any atom is 0.158 e. The zero-order chi connectivity index (χ0) is 9.26. The second kappa shape index (κ2) is 3.14. The molecule has 2 rings (SSSR count). The average Bonchev–Trinajstić information content (AvgIpc) is 2.51. The Morgan fingerprint density at radius 2 is 2.15 bits per heavy atom. The molecule has 0 aliphatic carbocycles. The smallest absolute Gasteiger partial charge is 0.158 e. The molecule has 0 N–H and O–H groups in total. The van der Waals surface area contributed by atoms with Crippen LogP contribution in [0.1, 0.15) is 0 Å². The van der Waals surface area contributed by atoms with Crippen LogP contribution in [0.2, 0.25) is 5.15 Å². The van der Waals surface area contributed by atoms with Gasteiger partial charge in [0.1, 0.15) is 17.2 Å². The predicted molar refractivity (Wildman–Crippen MR) is 49.2 cm³/mol. The molecule has 0 saturated carbocycles. The quantitative estimate of drug-likeness (QED) is 0.647. The van der Waals surface area contributed by atoms with Gasteiger partial charge in [-0.05, 0) is 0 Å². The zero-order valence-electron chi connectivity index (χ0n) is 6.98. The fourth-order valence-electron chi connectivity index (χ4n) is 1.07. The van der Waals surface area contributed by atoms with E-state index in [2.05, 4.69) is 15.0 Å². The molecule has 2 aromatic heterocycles. The Labute approximate surface area is 80.2 Å². The maximum absolute atomic E-state index is 5.73. The van der Waals surface area contributed by atoms with E-state index < -0.39 is 0 Å². The number of rotatable bonds is 1. The van der Waals surface area contributed by atoms with Gasteiger partial charge in [0.05, 0.1) is 0 Å². The number of halogens is 1. The summed E-state index contributed by atoms with van der Waals surface area (Å²) in [5.74, 6) is 0.782. The van der Waals surface area contributed by atoms with Gasteiger partial charge in [0.2, 0.25) is 0 Å². The molecule has 0 fully saturated rings. The normalized spacial score (nSPS) is 10.3. The van der Waals surface area contributed by atoms with E-state index >= 15 is 0 Å². The molecule has 13 heavy (non-hydrogen) atoms. The third-order valence-corrected chi connectivity index (χ3v) is 1.89. The molecule has 0 saturated heterocycles. The lowest BCUT2D eigenvalue weighted by Crippen LogP contribution is -1.94. The van der Waals surface area contributed by atoms with Crippen molar-refractivity contribution in [3.63, 3.8) is 0 Å². The molecule has 2 aromatic rings. The van der Waals surface area contributed by atoms with Gasteiger partial charge in [-0.25, -0.2) is 15.0 Å². The zero-order valence-corrected chi connectivity index (χ0v) is 7.73.